The van der Waals surface area contributed by atoms with Crippen LogP contribution in [0.2, 0.25) is 0 Å². The lowest BCUT2D eigenvalue weighted by Gasteiger charge is -2.36. The maximum absolute atomic E-state index is 14.5. The molecule has 264 valence electrons. The molecule has 1 atom stereocenters. The Morgan fingerprint density at radius 1 is 0.860 bits per heavy atom. The van der Waals surface area contributed by atoms with Crippen LogP contribution in [0.25, 0.3) is 11.3 Å². The highest BCUT2D eigenvalue weighted by atomic mass is 32.2. The van der Waals surface area contributed by atoms with E-state index < -0.39 is 27.8 Å². The summed E-state index contributed by atoms with van der Waals surface area (Å²) >= 11 is 0. The maximum Gasteiger partial charge on any atom is 0.416 e. The third-order valence-electron chi connectivity index (χ3n) is 9.41. The molecule has 2 aliphatic heterocycles. The van der Waals surface area contributed by atoms with Crippen LogP contribution in [0.3, 0.4) is 0 Å². The Kier molecular flexibility index (Phi) is 10.0. The molecule has 3 aromatic carbocycles. The molecule has 8 nitrogen and oxygen atoms in total. The summed E-state index contributed by atoms with van der Waals surface area (Å²) in [5.41, 5.74) is 3.32. The number of carbonyl (C=O) groups excluding carboxylic acids is 1. The fraction of sp³-hybridized carbons (Fsp3) is 0.378. The number of hydrogen-bond donors (Lipinski definition) is 0. The Bertz CT molecular complexity index is 1970. The van der Waals surface area contributed by atoms with E-state index in [1.165, 1.54) is 22.5 Å². The third kappa shape index (κ3) is 7.39. The highest BCUT2D eigenvalue weighted by Crippen LogP contribution is 2.33. The largest absolute Gasteiger partial charge is 0.416 e. The zero-order valence-corrected chi connectivity index (χ0v) is 29.0. The molecule has 0 N–H and O–H groups in total. The zero-order chi connectivity index (χ0) is 35.8. The predicted octanol–water partition coefficient (Wildman–Crippen LogP) is 6.91. The van der Waals surface area contributed by atoms with Crippen molar-refractivity contribution in [3.05, 3.63) is 100 Å². The van der Waals surface area contributed by atoms with Crippen LogP contribution < -0.4 is 9.80 Å². The van der Waals surface area contributed by atoms with Crippen LogP contribution in [-0.4, -0.2) is 67.2 Å². The molecule has 0 aliphatic carbocycles. The topological polar surface area (TPSA) is 86.7 Å². The highest BCUT2D eigenvalue weighted by molar-refractivity contribution is 7.89. The molecule has 0 bridgehead atoms. The van der Waals surface area contributed by atoms with Crippen molar-refractivity contribution in [2.24, 2.45) is 0 Å². The first-order chi connectivity index (χ1) is 23.7. The lowest BCUT2D eigenvalue weighted by molar-refractivity contribution is -0.137. The maximum atomic E-state index is 14.5. The number of nitrogens with zero attached hydrogens (tertiary/aromatic N) is 5. The number of benzene rings is 3. The van der Waals surface area contributed by atoms with Gasteiger partial charge in [0.05, 0.1) is 27.9 Å². The van der Waals surface area contributed by atoms with Gasteiger partial charge in [-0.1, -0.05) is 42.0 Å². The highest BCUT2D eigenvalue weighted by Gasteiger charge is 2.40. The van der Waals surface area contributed by atoms with E-state index in [-0.39, 0.29) is 35.9 Å². The molecule has 13 heteroatoms. The molecule has 2 aliphatic rings. The average Bonchev–Trinajstić information content (AvgIpc) is 3.58. The Balaban J connectivity index is 1.24. The SMILES string of the molecule is Cc1cc(C)c(S(=O)(=O)N2CCC[C@H]2C(=O)CCc2cc(-c3ccc(C(F)(F)F)cc3)nc(N3CCN(c4ccccc4F)CC3)n2)c(C)c1. The van der Waals surface area contributed by atoms with E-state index >= 15 is 0 Å². The van der Waals surface area contributed by atoms with E-state index in [1.807, 2.05) is 28.9 Å². The van der Waals surface area contributed by atoms with E-state index in [1.54, 1.807) is 38.1 Å². The molecular formula is C37H39F4N5O3S. The molecule has 0 radical (unpaired) electrons. The van der Waals surface area contributed by atoms with Crippen molar-refractivity contribution < 1.29 is 30.8 Å². The molecular weight excluding hydrogens is 670 g/mol. The Labute approximate surface area is 289 Å². The fourth-order valence-corrected chi connectivity index (χ4v) is 9.14. The number of Topliss-reactive ketones (excluding diaryl/α,β-unsaturated/α-hetero) is 1. The van der Waals surface area contributed by atoms with Gasteiger partial charge in [-0.2, -0.15) is 17.5 Å². The van der Waals surface area contributed by atoms with Gasteiger partial charge in [-0.3, -0.25) is 4.79 Å². The molecule has 2 fully saturated rings. The molecule has 0 amide bonds. The van der Waals surface area contributed by atoms with Crippen molar-refractivity contribution in [2.45, 2.75) is 63.6 Å². The normalized spacial score (nSPS) is 17.4. The average molecular weight is 710 g/mol. The van der Waals surface area contributed by atoms with Gasteiger partial charge in [-0.05, 0) is 81.5 Å². The molecule has 3 heterocycles. The van der Waals surface area contributed by atoms with E-state index in [0.29, 0.717) is 78.7 Å². The van der Waals surface area contributed by atoms with Gasteiger partial charge in [0, 0.05) is 50.4 Å². The number of hydrogen-bond acceptors (Lipinski definition) is 7. The Morgan fingerprint density at radius 3 is 2.14 bits per heavy atom. The Hall–Kier alpha value is -4.36. The fourth-order valence-electron chi connectivity index (χ4n) is 7.04. The number of para-hydroxylation sites is 1. The van der Waals surface area contributed by atoms with Crippen molar-refractivity contribution in [3.63, 3.8) is 0 Å². The summed E-state index contributed by atoms with van der Waals surface area (Å²) in [4.78, 5) is 27.3. The summed E-state index contributed by atoms with van der Waals surface area (Å²) in [6, 6.07) is 15.8. The summed E-state index contributed by atoms with van der Waals surface area (Å²) in [5, 5.41) is 0. The van der Waals surface area contributed by atoms with Crippen LogP contribution >= 0.6 is 0 Å². The second kappa shape index (κ2) is 14.1. The number of aromatic nitrogens is 2. The van der Waals surface area contributed by atoms with E-state index in [4.69, 9.17) is 9.97 Å². The van der Waals surface area contributed by atoms with Gasteiger partial charge in [0.2, 0.25) is 16.0 Å². The molecule has 1 aromatic heterocycles. The quantitative estimate of drug-likeness (QED) is 0.175. The van der Waals surface area contributed by atoms with Gasteiger partial charge in [0.25, 0.3) is 0 Å². The number of anilines is 2. The molecule has 0 unspecified atom stereocenters. The summed E-state index contributed by atoms with van der Waals surface area (Å²) in [5.74, 6) is -0.178. The van der Waals surface area contributed by atoms with Gasteiger partial charge < -0.3 is 9.80 Å². The van der Waals surface area contributed by atoms with Gasteiger partial charge in [0.15, 0.2) is 5.78 Å². The molecule has 2 saturated heterocycles. The number of alkyl halides is 3. The molecule has 4 aromatic rings. The summed E-state index contributed by atoms with van der Waals surface area (Å²) in [6.07, 6.45) is -3.30. The van der Waals surface area contributed by atoms with Crippen LogP contribution in [0.1, 0.15) is 47.2 Å². The molecule has 0 saturated carbocycles. The van der Waals surface area contributed by atoms with E-state index in [9.17, 15) is 30.8 Å². The second-order valence-electron chi connectivity index (χ2n) is 13.0. The van der Waals surface area contributed by atoms with Crippen LogP contribution in [0.5, 0.6) is 0 Å². The standard InChI is InChI=1S/C37H39F4N5O3S/c1-24-21-25(2)35(26(3)22-24)50(48,49)46-16-6-9-33(46)34(47)15-14-29-23-31(27-10-12-28(13-11-27)37(39,40)41)43-36(42-29)45-19-17-44(18-20-45)32-8-5-4-7-30(32)38/h4-5,7-8,10-13,21-23,33H,6,9,14-20H2,1-3H3/t33-/m0/s1. The van der Waals surface area contributed by atoms with Crippen molar-refractivity contribution in [1.82, 2.24) is 14.3 Å². The van der Waals surface area contributed by atoms with Gasteiger partial charge in [-0.25, -0.2) is 22.8 Å². The number of piperazine rings is 1. The smallest absolute Gasteiger partial charge is 0.366 e. The number of sulfonamides is 1. The lowest BCUT2D eigenvalue weighted by atomic mass is 10.0. The molecule has 50 heavy (non-hydrogen) atoms. The minimum Gasteiger partial charge on any atom is -0.366 e. The van der Waals surface area contributed by atoms with Crippen molar-refractivity contribution in [3.8, 4) is 11.3 Å². The predicted molar refractivity (Wildman–Crippen MR) is 184 cm³/mol. The number of rotatable bonds is 9. The van der Waals surface area contributed by atoms with Crippen LogP contribution in [-0.2, 0) is 27.4 Å². The van der Waals surface area contributed by atoms with Gasteiger partial charge >= 0.3 is 6.18 Å². The van der Waals surface area contributed by atoms with Crippen molar-refractivity contribution >= 4 is 27.4 Å². The second-order valence-corrected chi connectivity index (χ2v) is 14.8. The first-order valence-corrected chi connectivity index (χ1v) is 18.1. The van der Waals surface area contributed by atoms with Crippen molar-refractivity contribution in [2.75, 3.05) is 42.5 Å². The monoisotopic (exact) mass is 709 g/mol. The minimum absolute atomic E-state index is 0.0204. The molecule has 0 spiro atoms. The number of carbonyl (C=O) groups is 1. The first kappa shape index (κ1) is 35.5. The number of aryl methyl sites for hydroxylation is 4. The Morgan fingerprint density at radius 2 is 1.50 bits per heavy atom. The zero-order valence-electron chi connectivity index (χ0n) is 28.2. The summed E-state index contributed by atoms with van der Waals surface area (Å²) < 4.78 is 83.4. The minimum atomic E-state index is -4.49. The van der Waals surface area contributed by atoms with Crippen LogP contribution in [0.4, 0.5) is 29.2 Å². The van der Waals surface area contributed by atoms with Crippen LogP contribution in [0.15, 0.2) is 71.6 Å². The number of ketones is 1. The van der Waals surface area contributed by atoms with Gasteiger partial charge in [-0.15, -0.1) is 0 Å². The number of halogens is 4. The summed E-state index contributed by atoms with van der Waals surface area (Å²) in [6.45, 7) is 7.61. The van der Waals surface area contributed by atoms with Crippen LogP contribution in [0, 0.1) is 26.6 Å². The van der Waals surface area contributed by atoms with E-state index in [0.717, 1.165) is 17.7 Å². The summed E-state index contributed by atoms with van der Waals surface area (Å²) in [7, 11) is -3.93. The lowest BCUT2D eigenvalue weighted by Crippen LogP contribution is -2.47. The third-order valence-corrected chi connectivity index (χ3v) is 11.6. The van der Waals surface area contributed by atoms with Crippen molar-refractivity contribution in [1.29, 1.82) is 0 Å². The van der Waals surface area contributed by atoms with Gasteiger partial charge in [0.1, 0.15) is 5.82 Å². The first-order valence-electron chi connectivity index (χ1n) is 16.6. The molecule has 6 rings (SSSR count). The van der Waals surface area contributed by atoms with E-state index in [2.05, 4.69) is 0 Å².